The molecule has 0 atom stereocenters. The van der Waals surface area contributed by atoms with Crippen molar-refractivity contribution >= 4 is 6.03 Å². The van der Waals surface area contributed by atoms with E-state index in [1.165, 1.54) is 5.56 Å². The third kappa shape index (κ3) is 4.51. The van der Waals surface area contributed by atoms with Gasteiger partial charge in [-0.05, 0) is 12.5 Å². The van der Waals surface area contributed by atoms with Crippen molar-refractivity contribution in [2.24, 2.45) is 0 Å². The number of aryl methyl sites for hydroxylation is 1. The Morgan fingerprint density at radius 3 is 2.55 bits per heavy atom. The third-order valence-corrected chi connectivity index (χ3v) is 3.58. The SMILES string of the molecule is Cc1ccc(CNC(=O)NCC2(O)CCOCC2)cc1. The summed E-state index contributed by atoms with van der Waals surface area (Å²) in [5.74, 6) is 0. The van der Waals surface area contributed by atoms with Crippen molar-refractivity contribution < 1.29 is 14.6 Å². The van der Waals surface area contributed by atoms with Gasteiger partial charge in [0.25, 0.3) is 0 Å². The Morgan fingerprint density at radius 2 is 1.90 bits per heavy atom. The molecule has 0 saturated carbocycles. The largest absolute Gasteiger partial charge is 0.388 e. The Morgan fingerprint density at radius 1 is 1.25 bits per heavy atom. The summed E-state index contributed by atoms with van der Waals surface area (Å²) in [7, 11) is 0. The standard InChI is InChI=1S/C15H22N2O3/c1-12-2-4-13(5-3-12)10-16-14(18)17-11-15(19)6-8-20-9-7-15/h2-5,19H,6-11H2,1H3,(H2,16,17,18). The maximum absolute atomic E-state index is 11.7. The molecule has 1 aliphatic heterocycles. The minimum atomic E-state index is -0.834. The molecule has 1 fully saturated rings. The molecule has 1 aromatic rings. The number of ether oxygens (including phenoxy) is 1. The fourth-order valence-electron chi connectivity index (χ4n) is 2.12. The first-order valence-corrected chi connectivity index (χ1v) is 6.95. The molecule has 5 nitrogen and oxygen atoms in total. The molecule has 3 N–H and O–H groups in total. The minimum Gasteiger partial charge on any atom is -0.388 e. The van der Waals surface area contributed by atoms with Gasteiger partial charge in [0, 0.05) is 39.1 Å². The van der Waals surface area contributed by atoms with Crippen LogP contribution in [0.2, 0.25) is 0 Å². The maximum Gasteiger partial charge on any atom is 0.315 e. The number of benzene rings is 1. The van der Waals surface area contributed by atoms with Gasteiger partial charge >= 0.3 is 6.03 Å². The second-order valence-corrected chi connectivity index (χ2v) is 5.36. The lowest BCUT2D eigenvalue weighted by molar-refractivity contribution is -0.0600. The summed E-state index contributed by atoms with van der Waals surface area (Å²) in [6, 6.07) is 7.74. The van der Waals surface area contributed by atoms with Crippen molar-refractivity contribution in [3.8, 4) is 0 Å². The average molecular weight is 278 g/mol. The predicted octanol–water partition coefficient (Wildman–Crippen LogP) is 1.34. The van der Waals surface area contributed by atoms with Crippen LogP contribution in [-0.2, 0) is 11.3 Å². The summed E-state index contributed by atoms with van der Waals surface area (Å²) in [5.41, 5.74) is 1.41. The van der Waals surface area contributed by atoms with E-state index in [0.717, 1.165) is 5.56 Å². The smallest absolute Gasteiger partial charge is 0.315 e. The van der Waals surface area contributed by atoms with E-state index in [9.17, 15) is 9.90 Å². The molecule has 1 saturated heterocycles. The molecule has 1 heterocycles. The lowest BCUT2D eigenvalue weighted by Crippen LogP contribution is -2.48. The summed E-state index contributed by atoms with van der Waals surface area (Å²) >= 11 is 0. The number of hydrogen-bond donors (Lipinski definition) is 3. The molecule has 0 aromatic heterocycles. The van der Waals surface area contributed by atoms with Crippen LogP contribution in [0.15, 0.2) is 24.3 Å². The van der Waals surface area contributed by atoms with Crippen molar-refractivity contribution in [1.29, 1.82) is 0 Å². The van der Waals surface area contributed by atoms with Gasteiger partial charge in [0.15, 0.2) is 0 Å². The molecule has 0 aliphatic carbocycles. The molecule has 5 heteroatoms. The Balaban J connectivity index is 1.71. The first-order chi connectivity index (χ1) is 9.57. The number of nitrogens with one attached hydrogen (secondary N) is 2. The molecule has 1 aliphatic rings. The highest BCUT2D eigenvalue weighted by molar-refractivity contribution is 5.73. The fraction of sp³-hybridized carbons (Fsp3) is 0.533. The fourth-order valence-corrected chi connectivity index (χ4v) is 2.12. The van der Waals surface area contributed by atoms with Crippen LogP contribution < -0.4 is 10.6 Å². The lowest BCUT2D eigenvalue weighted by Gasteiger charge is -2.32. The Bertz CT molecular complexity index is 439. The van der Waals surface area contributed by atoms with Crippen LogP contribution in [0.5, 0.6) is 0 Å². The van der Waals surface area contributed by atoms with Crippen molar-refractivity contribution in [3.05, 3.63) is 35.4 Å². The number of amides is 2. The number of rotatable bonds is 4. The quantitative estimate of drug-likeness (QED) is 0.778. The molecule has 0 radical (unpaired) electrons. The molecule has 110 valence electrons. The minimum absolute atomic E-state index is 0.259. The highest BCUT2D eigenvalue weighted by Gasteiger charge is 2.29. The number of urea groups is 1. The zero-order valence-electron chi connectivity index (χ0n) is 11.8. The summed E-state index contributed by atoms with van der Waals surface area (Å²) in [6.07, 6.45) is 1.12. The van der Waals surface area contributed by atoms with Crippen LogP contribution >= 0.6 is 0 Å². The summed E-state index contributed by atoms with van der Waals surface area (Å²) in [6.45, 7) is 3.86. The summed E-state index contributed by atoms with van der Waals surface area (Å²) in [4.78, 5) is 11.7. The second-order valence-electron chi connectivity index (χ2n) is 5.36. The highest BCUT2D eigenvalue weighted by Crippen LogP contribution is 2.19. The molecular weight excluding hydrogens is 256 g/mol. The van der Waals surface area contributed by atoms with Gasteiger partial charge in [0.05, 0.1) is 5.60 Å². The van der Waals surface area contributed by atoms with E-state index < -0.39 is 5.60 Å². The van der Waals surface area contributed by atoms with Crippen LogP contribution in [0, 0.1) is 6.92 Å². The van der Waals surface area contributed by atoms with Crippen molar-refractivity contribution in [2.75, 3.05) is 19.8 Å². The van der Waals surface area contributed by atoms with E-state index in [0.29, 0.717) is 32.6 Å². The van der Waals surface area contributed by atoms with E-state index in [1.54, 1.807) is 0 Å². The average Bonchev–Trinajstić information content (AvgIpc) is 2.45. The number of hydrogen-bond acceptors (Lipinski definition) is 3. The normalized spacial score (nSPS) is 17.5. The molecule has 2 amide bonds. The summed E-state index contributed by atoms with van der Waals surface area (Å²) < 4.78 is 5.20. The van der Waals surface area contributed by atoms with Gasteiger partial charge in [-0.2, -0.15) is 0 Å². The molecule has 2 rings (SSSR count). The monoisotopic (exact) mass is 278 g/mol. The Kier molecular flexibility index (Phi) is 4.98. The molecule has 0 unspecified atom stereocenters. The Labute approximate surface area is 119 Å². The molecule has 1 aromatic carbocycles. The Hall–Kier alpha value is -1.59. The number of carbonyl (C=O) groups is 1. The van der Waals surface area contributed by atoms with Crippen LogP contribution in [0.1, 0.15) is 24.0 Å². The molecular formula is C15H22N2O3. The van der Waals surface area contributed by atoms with E-state index >= 15 is 0 Å². The van der Waals surface area contributed by atoms with Crippen LogP contribution in [0.4, 0.5) is 4.79 Å². The van der Waals surface area contributed by atoms with Crippen LogP contribution in [0.25, 0.3) is 0 Å². The van der Waals surface area contributed by atoms with Gasteiger partial charge in [-0.15, -0.1) is 0 Å². The van der Waals surface area contributed by atoms with E-state index in [4.69, 9.17) is 4.74 Å². The summed E-state index contributed by atoms with van der Waals surface area (Å²) in [5, 5.41) is 15.7. The zero-order chi connectivity index (χ0) is 14.4. The topological polar surface area (TPSA) is 70.6 Å². The van der Waals surface area contributed by atoms with Gasteiger partial charge in [-0.1, -0.05) is 29.8 Å². The number of carbonyl (C=O) groups excluding carboxylic acids is 1. The van der Waals surface area contributed by atoms with Gasteiger partial charge in [0.2, 0.25) is 0 Å². The zero-order valence-corrected chi connectivity index (χ0v) is 11.8. The van der Waals surface area contributed by atoms with E-state index in [2.05, 4.69) is 10.6 Å². The molecule has 20 heavy (non-hydrogen) atoms. The molecule has 0 bridgehead atoms. The van der Waals surface area contributed by atoms with Gasteiger partial charge in [0.1, 0.15) is 0 Å². The van der Waals surface area contributed by atoms with Gasteiger partial charge < -0.3 is 20.5 Å². The third-order valence-electron chi connectivity index (χ3n) is 3.58. The van der Waals surface area contributed by atoms with E-state index in [-0.39, 0.29) is 12.6 Å². The first-order valence-electron chi connectivity index (χ1n) is 6.95. The number of aliphatic hydroxyl groups is 1. The predicted molar refractivity (Wildman–Crippen MR) is 76.4 cm³/mol. The van der Waals surface area contributed by atoms with Crippen LogP contribution in [-0.4, -0.2) is 36.5 Å². The van der Waals surface area contributed by atoms with Gasteiger partial charge in [-0.3, -0.25) is 0 Å². The first kappa shape index (κ1) is 14.8. The van der Waals surface area contributed by atoms with E-state index in [1.807, 2.05) is 31.2 Å². The van der Waals surface area contributed by atoms with Crippen molar-refractivity contribution in [1.82, 2.24) is 10.6 Å². The van der Waals surface area contributed by atoms with Crippen molar-refractivity contribution in [2.45, 2.75) is 31.9 Å². The molecule has 0 spiro atoms. The van der Waals surface area contributed by atoms with Crippen molar-refractivity contribution in [3.63, 3.8) is 0 Å². The van der Waals surface area contributed by atoms with Crippen LogP contribution in [0.3, 0.4) is 0 Å². The van der Waals surface area contributed by atoms with Gasteiger partial charge in [-0.25, -0.2) is 4.79 Å². The second kappa shape index (κ2) is 6.72. The maximum atomic E-state index is 11.7. The lowest BCUT2D eigenvalue weighted by atomic mass is 9.94. The highest BCUT2D eigenvalue weighted by atomic mass is 16.5.